The lowest BCUT2D eigenvalue weighted by Gasteiger charge is -2.20. The van der Waals surface area contributed by atoms with Crippen LogP contribution in [0.15, 0.2) is 48.8 Å². The highest BCUT2D eigenvalue weighted by molar-refractivity contribution is 5.22. The Balaban J connectivity index is 1.71. The van der Waals surface area contributed by atoms with Gasteiger partial charge >= 0.3 is 0 Å². The molecular formula is C16H17FN2O. The molecule has 0 bridgehead atoms. The second kappa shape index (κ2) is 5.69. The summed E-state index contributed by atoms with van der Waals surface area (Å²) in [5.74, 6) is -0.316. The first-order valence-electron chi connectivity index (χ1n) is 6.83. The molecule has 0 amide bonds. The van der Waals surface area contributed by atoms with E-state index in [0.29, 0.717) is 5.56 Å². The fourth-order valence-electron chi connectivity index (χ4n) is 2.79. The van der Waals surface area contributed by atoms with Gasteiger partial charge in [-0.05, 0) is 42.2 Å². The minimum absolute atomic E-state index is 0.0537. The SMILES string of the molecule is O[C@@H](c1cccc(F)c1)[C@H]1CC[C@H](c2cccnc2)N1. The zero-order chi connectivity index (χ0) is 13.9. The van der Waals surface area contributed by atoms with Crippen molar-refractivity contribution >= 4 is 0 Å². The Bertz CT molecular complexity index is 576. The van der Waals surface area contributed by atoms with Gasteiger partial charge < -0.3 is 10.4 Å². The highest BCUT2D eigenvalue weighted by Gasteiger charge is 2.30. The van der Waals surface area contributed by atoms with Crippen LogP contribution in [0.2, 0.25) is 0 Å². The summed E-state index contributed by atoms with van der Waals surface area (Å²) in [6.45, 7) is 0. The smallest absolute Gasteiger partial charge is 0.123 e. The van der Waals surface area contributed by atoms with Crippen molar-refractivity contribution in [3.05, 3.63) is 65.7 Å². The molecule has 1 saturated heterocycles. The molecule has 0 spiro atoms. The predicted octanol–water partition coefficient (Wildman–Crippen LogP) is 2.75. The van der Waals surface area contributed by atoms with Crippen molar-refractivity contribution in [1.29, 1.82) is 0 Å². The lowest BCUT2D eigenvalue weighted by Crippen LogP contribution is -2.30. The number of rotatable bonds is 3. The Morgan fingerprint density at radius 1 is 1.25 bits per heavy atom. The Hall–Kier alpha value is -1.78. The highest BCUT2D eigenvalue weighted by Crippen LogP contribution is 2.32. The lowest BCUT2D eigenvalue weighted by atomic mass is 10.0. The van der Waals surface area contributed by atoms with Gasteiger partial charge in [-0.2, -0.15) is 0 Å². The fourth-order valence-corrected chi connectivity index (χ4v) is 2.79. The van der Waals surface area contributed by atoms with Gasteiger partial charge in [0.05, 0.1) is 6.10 Å². The minimum Gasteiger partial charge on any atom is -0.387 e. The Morgan fingerprint density at radius 2 is 2.15 bits per heavy atom. The average molecular weight is 272 g/mol. The van der Waals surface area contributed by atoms with E-state index < -0.39 is 6.10 Å². The molecule has 0 unspecified atom stereocenters. The van der Waals surface area contributed by atoms with E-state index in [0.717, 1.165) is 18.4 Å². The van der Waals surface area contributed by atoms with Gasteiger partial charge in [0.25, 0.3) is 0 Å². The van der Waals surface area contributed by atoms with Crippen LogP contribution < -0.4 is 5.32 Å². The van der Waals surface area contributed by atoms with Crippen LogP contribution >= 0.6 is 0 Å². The summed E-state index contributed by atoms with van der Waals surface area (Å²) in [5, 5.41) is 13.8. The molecule has 2 N–H and O–H groups in total. The molecule has 1 fully saturated rings. The van der Waals surface area contributed by atoms with Crippen molar-refractivity contribution in [2.45, 2.75) is 31.0 Å². The molecule has 1 aliphatic heterocycles. The van der Waals surface area contributed by atoms with Gasteiger partial charge in [-0.25, -0.2) is 4.39 Å². The number of aromatic nitrogens is 1. The first-order chi connectivity index (χ1) is 9.74. The van der Waals surface area contributed by atoms with Gasteiger partial charge in [0.2, 0.25) is 0 Å². The van der Waals surface area contributed by atoms with E-state index in [4.69, 9.17) is 0 Å². The largest absolute Gasteiger partial charge is 0.387 e. The van der Waals surface area contributed by atoms with Crippen LogP contribution in [0.3, 0.4) is 0 Å². The summed E-state index contributed by atoms with van der Waals surface area (Å²) in [6.07, 6.45) is 4.71. The third kappa shape index (κ3) is 2.71. The fraction of sp³-hybridized carbons (Fsp3) is 0.312. The maximum Gasteiger partial charge on any atom is 0.123 e. The maximum atomic E-state index is 13.2. The van der Waals surface area contributed by atoms with Crippen molar-refractivity contribution in [2.75, 3.05) is 0 Å². The highest BCUT2D eigenvalue weighted by atomic mass is 19.1. The predicted molar refractivity (Wildman–Crippen MR) is 74.5 cm³/mol. The molecule has 1 aromatic carbocycles. The molecule has 4 heteroatoms. The van der Waals surface area contributed by atoms with Gasteiger partial charge in [0.15, 0.2) is 0 Å². The molecule has 3 rings (SSSR count). The van der Waals surface area contributed by atoms with Gasteiger partial charge in [0, 0.05) is 24.5 Å². The van der Waals surface area contributed by atoms with Crippen LogP contribution in [-0.4, -0.2) is 16.1 Å². The summed E-state index contributed by atoms with van der Waals surface area (Å²) in [7, 11) is 0. The summed E-state index contributed by atoms with van der Waals surface area (Å²) in [4.78, 5) is 4.12. The lowest BCUT2D eigenvalue weighted by molar-refractivity contribution is 0.135. The molecule has 3 nitrogen and oxygen atoms in total. The molecule has 3 atom stereocenters. The van der Waals surface area contributed by atoms with Crippen LogP contribution in [0.1, 0.15) is 36.1 Å². The summed E-state index contributed by atoms with van der Waals surface area (Å²) >= 11 is 0. The van der Waals surface area contributed by atoms with E-state index in [1.807, 2.05) is 18.3 Å². The Kier molecular flexibility index (Phi) is 3.76. The zero-order valence-electron chi connectivity index (χ0n) is 11.0. The van der Waals surface area contributed by atoms with Crippen LogP contribution in [0.25, 0.3) is 0 Å². The van der Waals surface area contributed by atoms with Crippen molar-refractivity contribution in [3.8, 4) is 0 Å². The number of aliphatic hydroxyl groups is 1. The van der Waals surface area contributed by atoms with E-state index in [1.54, 1.807) is 18.3 Å². The van der Waals surface area contributed by atoms with E-state index >= 15 is 0 Å². The molecule has 1 aromatic heterocycles. The van der Waals surface area contributed by atoms with Gasteiger partial charge in [-0.15, -0.1) is 0 Å². The third-order valence-corrected chi connectivity index (χ3v) is 3.84. The third-order valence-electron chi connectivity index (χ3n) is 3.84. The van der Waals surface area contributed by atoms with Gasteiger partial charge in [-0.3, -0.25) is 4.98 Å². The number of aliphatic hydroxyl groups excluding tert-OH is 1. The Morgan fingerprint density at radius 3 is 2.90 bits per heavy atom. The molecule has 0 aliphatic carbocycles. The van der Waals surface area contributed by atoms with E-state index in [2.05, 4.69) is 10.3 Å². The quantitative estimate of drug-likeness (QED) is 0.903. The molecule has 2 heterocycles. The number of pyridine rings is 1. The van der Waals surface area contributed by atoms with Crippen LogP contribution in [-0.2, 0) is 0 Å². The first kappa shape index (κ1) is 13.2. The maximum absolute atomic E-state index is 13.2. The van der Waals surface area contributed by atoms with E-state index in [9.17, 15) is 9.50 Å². The second-order valence-electron chi connectivity index (χ2n) is 5.19. The molecule has 2 aromatic rings. The number of nitrogens with one attached hydrogen (secondary N) is 1. The normalized spacial score (nSPS) is 23.7. The van der Waals surface area contributed by atoms with Crippen LogP contribution in [0, 0.1) is 5.82 Å². The van der Waals surface area contributed by atoms with Crippen molar-refractivity contribution < 1.29 is 9.50 Å². The molecule has 104 valence electrons. The standard InChI is InChI=1S/C16H17FN2O/c17-13-5-1-3-11(9-13)16(20)15-7-6-14(19-15)12-4-2-8-18-10-12/h1-5,8-10,14-16,19-20H,6-7H2/t14-,15-,16+/m1/s1. The van der Waals surface area contributed by atoms with Crippen molar-refractivity contribution in [3.63, 3.8) is 0 Å². The number of nitrogens with zero attached hydrogens (tertiary/aromatic N) is 1. The number of benzene rings is 1. The molecule has 0 saturated carbocycles. The minimum atomic E-state index is -0.688. The van der Waals surface area contributed by atoms with Crippen molar-refractivity contribution in [1.82, 2.24) is 10.3 Å². The van der Waals surface area contributed by atoms with E-state index in [1.165, 1.54) is 12.1 Å². The zero-order valence-corrected chi connectivity index (χ0v) is 11.0. The average Bonchev–Trinajstić information content (AvgIpc) is 2.97. The summed E-state index contributed by atoms with van der Waals surface area (Å²) in [6, 6.07) is 10.3. The van der Waals surface area contributed by atoms with Gasteiger partial charge in [-0.1, -0.05) is 18.2 Å². The number of hydrogen-bond acceptors (Lipinski definition) is 3. The molecule has 0 radical (unpaired) electrons. The number of hydrogen-bond donors (Lipinski definition) is 2. The summed E-state index contributed by atoms with van der Waals surface area (Å²) < 4.78 is 13.2. The second-order valence-corrected chi connectivity index (χ2v) is 5.19. The molecule has 20 heavy (non-hydrogen) atoms. The topological polar surface area (TPSA) is 45.2 Å². The molecule has 1 aliphatic rings. The number of halogens is 1. The monoisotopic (exact) mass is 272 g/mol. The van der Waals surface area contributed by atoms with Gasteiger partial charge in [0.1, 0.15) is 5.82 Å². The summed E-state index contributed by atoms with van der Waals surface area (Å²) in [5.41, 5.74) is 1.75. The van der Waals surface area contributed by atoms with Crippen molar-refractivity contribution in [2.24, 2.45) is 0 Å². The van der Waals surface area contributed by atoms with Crippen LogP contribution in [0.5, 0.6) is 0 Å². The molecular weight excluding hydrogens is 255 g/mol. The van der Waals surface area contributed by atoms with Crippen LogP contribution in [0.4, 0.5) is 4.39 Å². The Labute approximate surface area is 117 Å². The first-order valence-corrected chi connectivity index (χ1v) is 6.83. The van der Waals surface area contributed by atoms with E-state index in [-0.39, 0.29) is 17.9 Å².